The molecule has 3 rings (SSSR count). The Morgan fingerprint density at radius 3 is 2.72 bits per heavy atom. The smallest absolute Gasteiger partial charge is 0.227 e. The van der Waals surface area contributed by atoms with Gasteiger partial charge in [-0.1, -0.05) is 30.3 Å². The molecule has 0 spiro atoms. The van der Waals surface area contributed by atoms with E-state index in [9.17, 15) is 14.0 Å². The minimum atomic E-state index is -0.468. The van der Waals surface area contributed by atoms with E-state index in [0.717, 1.165) is 0 Å². The fourth-order valence-electron chi connectivity index (χ4n) is 2.94. The lowest BCUT2D eigenvalue weighted by atomic mass is 10.1. The number of carbonyl (C=O) groups is 2. The van der Waals surface area contributed by atoms with Crippen molar-refractivity contribution in [1.82, 2.24) is 5.32 Å². The van der Waals surface area contributed by atoms with Crippen molar-refractivity contribution in [3.63, 3.8) is 0 Å². The SMILES string of the molecule is COc1ccccc1N1C[C@H](C(=O)NCc2ccccc2F)CC1=O. The van der Waals surface area contributed by atoms with E-state index in [1.54, 1.807) is 35.2 Å². The van der Waals surface area contributed by atoms with Crippen LogP contribution in [0.25, 0.3) is 0 Å². The van der Waals surface area contributed by atoms with Crippen LogP contribution in [0.15, 0.2) is 48.5 Å². The average Bonchev–Trinajstić information content (AvgIpc) is 3.02. The summed E-state index contributed by atoms with van der Waals surface area (Å²) in [5.41, 5.74) is 1.07. The number of hydrogen-bond donors (Lipinski definition) is 1. The molecule has 1 heterocycles. The van der Waals surface area contributed by atoms with Crippen LogP contribution in [0.3, 0.4) is 0 Å². The fourth-order valence-corrected chi connectivity index (χ4v) is 2.94. The second kappa shape index (κ2) is 7.34. The minimum absolute atomic E-state index is 0.102. The van der Waals surface area contributed by atoms with Crippen LogP contribution < -0.4 is 15.0 Å². The quantitative estimate of drug-likeness (QED) is 0.908. The molecule has 2 amide bonds. The van der Waals surface area contributed by atoms with Gasteiger partial charge in [-0.2, -0.15) is 0 Å². The maximum absolute atomic E-state index is 13.6. The van der Waals surface area contributed by atoms with Gasteiger partial charge in [0, 0.05) is 25.1 Å². The zero-order valence-electron chi connectivity index (χ0n) is 13.9. The van der Waals surface area contributed by atoms with Crippen molar-refractivity contribution in [2.45, 2.75) is 13.0 Å². The first-order chi connectivity index (χ1) is 12.1. The van der Waals surface area contributed by atoms with Crippen LogP contribution in [-0.4, -0.2) is 25.5 Å². The molecule has 1 fully saturated rings. The van der Waals surface area contributed by atoms with Gasteiger partial charge < -0.3 is 15.0 Å². The van der Waals surface area contributed by atoms with Crippen LogP contribution >= 0.6 is 0 Å². The monoisotopic (exact) mass is 342 g/mol. The zero-order chi connectivity index (χ0) is 17.8. The summed E-state index contributed by atoms with van der Waals surface area (Å²) < 4.78 is 18.9. The predicted molar refractivity (Wildman–Crippen MR) is 91.7 cm³/mol. The number of rotatable bonds is 5. The van der Waals surface area contributed by atoms with Crippen molar-refractivity contribution in [2.75, 3.05) is 18.6 Å². The molecule has 1 saturated heterocycles. The summed E-state index contributed by atoms with van der Waals surface area (Å²) in [6, 6.07) is 13.5. The van der Waals surface area contributed by atoms with Gasteiger partial charge in [-0.25, -0.2) is 4.39 Å². The van der Waals surface area contributed by atoms with Crippen LogP contribution in [0.5, 0.6) is 5.75 Å². The zero-order valence-corrected chi connectivity index (χ0v) is 13.9. The van der Waals surface area contributed by atoms with E-state index < -0.39 is 5.92 Å². The third kappa shape index (κ3) is 3.63. The highest BCUT2D eigenvalue weighted by Crippen LogP contribution is 2.32. The highest BCUT2D eigenvalue weighted by atomic mass is 19.1. The Morgan fingerprint density at radius 2 is 1.96 bits per heavy atom. The summed E-state index contributed by atoms with van der Waals surface area (Å²) >= 11 is 0. The van der Waals surface area contributed by atoms with Crippen LogP contribution in [0, 0.1) is 11.7 Å². The van der Waals surface area contributed by atoms with Crippen molar-refractivity contribution < 1.29 is 18.7 Å². The van der Waals surface area contributed by atoms with Gasteiger partial charge in [0.2, 0.25) is 11.8 Å². The molecule has 0 aromatic heterocycles. The first-order valence-electron chi connectivity index (χ1n) is 8.04. The van der Waals surface area contributed by atoms with Crippen molar-refractivity contribution in [1.29, 1.82) is 0 Å². The van der Waals surface area contributed by atoms with E-state index in [1.807, 2.05) is 12.1 Å². The van der Waals surface area contributed by atoms with Gasteiger partial charge in [-0.05, 0) is 18.2 Å². The van der Waals surface area contributed by atoms with Gasteiger partial charge in [0.25, 0.3) is 0 Å². The van der Waals surface area contributed by atoms with E-state index in [4.69, 9.17) is 4.74 Å². The van der Waals surface area contributed by atoms with Crippen LogP contribution in [0.4, 0.5) is 10.1 Å². The predicted octanol–water partition coefficient (Wildman–Crippen LogP) is 2.50. The molecule has 0 saturated carbocycles. The molecular formula is C19H19FN2O3. The molecule has 1 atom stereocenters. The molecule has 2 aromatic carbocycles. The summed E-state index contributed by atoms with van der Waals surface area (Å²) in [7, 11) is 1.54. The Bertz CT molecular complexity index is 794. The second-order valence-electron chi connectivity index (χ2n) is 5.89. The van der Waals surface area contributed by atoms with Crippen LogP contribution in [0.2, 0.25) is 0 Å². The van der Waals surface area contributed by atoms with E-state index in [2.05, 4.69) is 5.32 Å². The largest absolute Gasteiger partial charge is 0.495 e. The number of methoxy groups -OCH3 is 1. The molecular weight excluding hydrogens is 323 g/mol. The molecule has 0 radical (unpaired) electrons. The minimum Gasteiger partial charge on any atom is -0.495 e. The third-order valence-corrected chi connectivity index (χ3v) is 4.28. The summed E-state index contributed by atoms with van der Waals surface area (Å²) in [5, 5.41) is 2.71. The molecule has 2 aromatic rings. The number of para-hydroxylation sites is 2. The molecule has 5 nitrogen and oxygen atoms in total. The summed E-state index contributed by atoms with van der Waals surface area (Å²) in [6.45, 7) is 0.382. The Hall–Kier alpha value is -2.89. The Kier molecular flexibility index (Phi) is 4.97. The van der Waals surface area contributed by atoms with Gasteiger partial charge in [0.05, 0.1) is 18.7 Å². The van der Waals surface area contributed by atoms with Gasteiger partial charge >= 0.3 is 0 Å². The summed E-state index contributed by atoms with van der Waals surface area (Å²) in [4.78, 5) is 26.2. The van der Waals surface area contributed by atoms with E-state index >= 15 is 0 Å². The number of amides is 2. The molecule has 6 heteroatoms. The van der Waals surface area contributed by atoms with Crippen LogP contribution in [-0.2, 0) is 16.1 Å². The maximum atomic E-state index is 13.6. The maximum Gasteiger partial charge on any atom is 0.227 e. The number of ether oxygens (including phenoxy) is 1. The number of halogens is 1. The summed E-state index contributed by atoms with van der Waals surface area (Å²) in [5.74, 6) is -0.627. The number of benzene rings is 2. The lowest BCUT2D eigenvalue weighted by Gasteiger charge is -2.19. The first kappa shape index (κ1) is 17.0. The molecule has 1 N–H and O–H groups in total. The normalized spacial score (nSPS) is 16.8. The highest BCUT2D eigenvalue weighted by Gasteiger charge is 2.36. The molecule has 0 aliphatic carbocycles. The van der Waals surface area contributed by atoms with E-state index in [-0.39, 0.29) is 37.1 Å². The topological polar surface area (TPSA) is 58.6 Å². The van der Waals surface area contributed by atoms with E-state index in [1.165, 1.54) is 13.2 Å². The Balaban J connectivity index is 1.66. The number of nitrogens with one attached hydrogen (secondary N) is 1. The average molecular weight is 342 g/mol. The van der Waals surface area contributed by atoms with Crippen molar-refractivity contribution in [2.24, 2.45) is 5.92 Å². The molecule has 130 valence electrons. The van der Waals surface area contributed by atoms with Gasteiger partial charge in [-0.3, -0.25) is 9.59 Å². The fraction of sp³-hybridized carbons (Fsp3) is 0.263. The molecule has 1 aliphatic rings. The summed E-state index contributed by atoms with van der Waals surface area (Å²) in [6.07, 6.45) is 0.126. The van der Waals surface area contributed by atoms with Crippen LogP contribution in [0.1, 0.15) is 12.0 Å². The third-order valence-electron chi connectivity index (χ3n) is 4.28. The molecule has 25 heavy (non-hydrogen) atoms. The first-order valence-corrected chi connectivity index (χ1v) is 8.04. The molecule has 0 unspecified atom stereocenters. The number of carbonyl (C=O) groups excluding carboxylic acids is 2. The van der Waals surface area contributed by atoms with Gasteiger partial charge in [-0.15, -0.1) is 0 Å². The lowest BCUT2D eigenvalue weighted by Crippen LogP contribution is -2.32. The number of nitrogens with zero attached hydrogens (tertiary/aromatic N) is 1. The second-order valence-corrected chi connectivity index (χ2v) is 5.89. The van der Waals surface area contributed by atoms with E-state index in [0.29, 0.717) is 17.0 Å². The molecule has 0 bridgehead atoms. The van der Waals surface area contributed by atoms with Gasteiger partial charge in [0.15, 0.2) is 0 Å². The Morgan fingerprint density at radius 1 is 1.24 bits per heavy atom. The number of hydrogen-bond acceptors (Lipinski definition) is 3. The van der Waals surface area contributed by atoms with Gasteiger partial charge in [0.1, 0.15) is 11.6 Å². The van der Waals surface area contributed by atoms with Crippen molar-refractivity contribution in [3.05, 3.63) is 59.9 Å². The number of anilines is 1. The lowest BCUT2D eigenvalue weighted by molar-refractivity contribution is -0.126. The van der Waals surface area contributed by atoms with Crippen molar-refractivity contribution >= 4 is 17.5 Å². The standard InChI is InChI=1S/C19H19FN2O3/c1-25-17-9-5-4-8-16(17)22-12-14(10-18(22)23)19(24)21-11-13-6-2-3-7-15(13)20/h2-9,14H,10-12H2,1H3,(H,21,24)/t14-/m1/s1. The Labute approximate surface area is 145 Å². The highest BCUT2D eigenvalue weighted by molar-refractivity contribution is 6.01. The van der Waals surface area contributed by atoms with Crippen molar-refractivity contribution in [3.8, 4) is 5.75 Å². The molecule has 1 aliphatic heterocycles.